The summed E-state index contributed by atoms with van der Waals surface area (Å²) >= 11 is 1.86. The smallest absolute Gasteiger partial charge is 0.139 e. The van der Waals surface area contributed by atoms with E-state index in [1.807, 2.05) is 17.4 Å². The van der Waals surface area contributed by atoms with E-state index in [4.69, 9.17) is 9.97 Å². The Morgan fingerprint density at radius 1 is 0.852 bits per heavy atom. The monoisotopic (exact) mass is 371 g/mol. The fourth-order valence-corrected chi connectivity index (χ4v) is 5.09. The Balaban J connectivity index is 1.53. The van der Waals surface area contributed by atoms with E-state index in [-0.39, 0.29) is 0 Å². The third-order valence-corrected chi connectivity index (χ3v) is 6.30. The lowest BCUT2D eigenvalue weighted by Gasteiger charge is -2.10. The van der Waals surface area contributed by atoms with Crippen molar-refractivity contribution in [2.45, 2.75) is 32.2 Å². The molecule has 0 saturated heterocycles. The van der Waals surface area contributed by atoms with Crippen LogP contribution in [0, 0.1) is 0 Å². The van der Waals surface area contributed by atoms with Gasteiger partial charge >= 0.3 is 0 Å². The average Bonchev–Trinajstić information content (AvgIpc) is 3.28. The largest absolute Gasteiger partial charge is 0.365 e. The molecule has 0 amide bonds. The zero-order chi connectivity index (χ0) is 18.1. The number of hydrogen-bond acceptors (Lipinski definition) is 4. The number of rotatable bonds is 5. The van der Waals surface area contributed by atoms with Gasteiger partial charge in [-0.1, -0.05) is 60.7 Å². The first-order valence-corrected chi connectivity index (χ1v) is 10.3. The van der Waals surface area contributed by atoms with E-state index in [0.29, 0.717) is 0 Å². The van der Waals surface area contributed by atoms with Crippen LogP contribution in [0.1, 0.15) is 33.8 Å². The number of nitrogens with one attached hydrogen (secondary N) is 1. The number of nitrogens with zero attached hydrogens (tertiary/aromatic N) is 2. The highest BCUT2D eigenvalue weighted by Gasteiger charge is 2.22. The summed E-state index contributed by atoms with van der Waals surface area (Å²) < 4.78 is 0. The third kappa shape index (κ3) is 3.33. The molecule has 5 rings (SSSR count). The van der Waals surface area contributed by atoms with Crippen molar-refractivity contribution in [3.8, 4) is 0 Å². The van der Waals surface area contributed by atoms with Crippen molar-refractivity contribution < 1.29 is 0 Å². The highest BCUT2D eigenvalue weighted by Crippen LogP contribution is 2.39. The van der Waals surface area contributed by atoms with Crippen LogP contribution < -0.4 is 5.32 Å². The highest BCUT2D eigenvalue weighted by molar-refractivity contribution is 7.19. The maximum Gasteiger partial charge on any atom is 0.139 e. The van der Waals surface area contributed by atoms with E-state index < -0.39 is 0 Å². The molecule has 0 aliphatic heterocycles. The second-order valence-corrected chi connectivity index (χ2v) is 8.11. The van der Waals surface area contributed by atoms with Gasteiger partial charge < -0.3 is 5.32 Å². The summed E-state index contributed by atoms with van der Waals surface area (Å²) in [5, 5.41) is 4.85. The van der Waals surface area contributed by atoms with Gasteiger partial charge in [0.2, 0.25) is 0 Å². The van der Waals surface area contributed by atoms with Crippen LogP contribution in [-0.4, -0.2) is 9.97 Å². The third-order valence-electron chi connectivity index (χ3n) is 5.12. The summed E-state index contributed by atoms with van der Waals surface area (Å²) in [6, 6.07) is 21.0. The molecule has 0 fully saturated rings. The second kappa shape index (κ2) is 7.12. The lowest BCUT2D eigenvalue weighted by Crippen LogP contribution is -2.06. The van der Waals surface area contributed by atoms with Gasteiger partial charge in [0.1, 0.15) is 16.5 Å². The van der Waals surface area contributed by atoms with E-state index in [2.05, 4.69) is 59.9 Å². The molecule has 0 unspecified atom stereocenters. The summed E-state index contributed by atoms with van der Waals surface area (Å²) in [7, 11) is 0. The van der Waals surface area contributed by atoms with Crippen LogP contribution in [0.3, 0.4) is 0 Å². The van der Waals surface area contributed by atoms with Gasteiger partial charge in [0.05, 0.1) is 5.39 Å². The molecule has 1 aliphatic rings. The Hall–Kier alpha value is -2.72. The van der Waals surface area contributed by atoms with Crippen LogP contribution in [0.15, 0.2) is 60.7 Å². The van der Waals surface area contributed by atoms with Gasteiger partial charge in [0.25, 0.3) is 0 Å². The Labute approximate surface area is 163 Å². The molecular weight excluding hydrogens is 350 g/mol. The summed E-state index contributed by atoms with van der Waals surface area (Å²) in [5.41, 5.74) is 3.98. The molecule has 0 bridgehead atoms. The van der Waals surface area contributed by atoms with Crippen LogP contribution >= 0.6 is 11.3 Å². The molecule has 1 aliphatic carbocycles. The topological polar surface area (TPSA) is 37.8 Å². The molecule has 4 aromatic rings. The molecule has 1 N–H and O–H groups in total. The lowest BCUT2D eigenvalue weighted by atomic mass is 10.1. The molecule has 27 heavy (non-hydrogen) atoms. The van der Waals surface area contributed by atoms with Crippen LogP contribution in [-0.2, 0) is 25.8 Å². The van der Waals surface area contributed by atoms with Gasteiger partial charge in [-0.05, 0) is 36.0 Å². The number of hydrogen-bond donors (Lipinski definition) is 1. The Bertz CT molecular complexity index is 1070. The molecule has 2 heterocycles. The number of benzene rings is 2. The molecule has 0 spiro atoms. The van der Waals surface area contributed by atoms with Crippen molar-refractivity contribution in [3.63, 3.8) is 0 Å². The number of aromatic nitrogens is 2. The summed E-state index contributed by atoms with van der Waals surface area (Å²) in [6.07, 6.45) is 4.35. The van der Waals surface area contributed by atoms with Crippen molar-refractivity contribution in [1.82, 2.24) is 9.97 Å². The minimum atomic E-state index is 0.763. The van der Waals surface area contributed by atoms with E-state index >= 15 is 0 Å². The first-order valence-electron chi connectivity index (χ1n) is 9.50. The Kier molecular flexibility index (Phi) is 4.34. The van der Waals surface area contributed by atoms with Crippen LogP contribution in [0.2, 0.25) is 0 Å². The predicted octanol–water partition coefficient (Wildman–Crippen LogP) is 5.38. The lowest BCUT2D eigenvalue weighted by molar-refractivity contribution is 0.915. The number of fused-ring (bicyclic) bond motifs is 3. The molecule has 4 heteroatoms. The molecule has 0 radical (unpaired) electrons. The van der Waals surface area contributed by atoms with Crippen LogP contribution in [0.4, 0.5) is 5.82 Å². The summed E-state index contributed by atoms with van der Waals surface area (Å²) in [4.78, 5) is 12.5. The minimum absolute atomic E-state index is 0.763. The molecule has 3 nitrogen and oxygen atoms in total. The summed E-state index contributed by atoms with van der Waals surface area (Å²) in [6.45, 7) is 0.780. The first-order chi connectivity index (χ1) is 13.4. The zero-order valence-electron chi connectivity index (χ0n) is 15.1. The van der Waals surface area contributed by atoms with Gasteiger partial charge in [-0.2, -0.15) is 0 Å². The van der Waals surface area contributed by atoms with Gasteiger partial charge in [0, 0.05) is 17.8 Å². The summed E-state index contributed by atoms with van der Waals surface area (Å²) in [5.74, 6) is 1.89. The minimum Gasteiger partial charge on any atom is -0.365 e. The number of thiophene rings is 1. The molecule has 134 valence electrons. The highest BCUT2D eigenvalue weighted by atomic mass is 32.1. The van der Waals surface area contributed by atoms with Gasteiger partial charge in [-0.3, -0.25) is 0 Å². The Morgan fingerprint density at radius 3 is 2.37 bits per heavy atom. The van der Waals surface area contributed by atoms with Crippen LogP contribution in [0.25, 0.3) is 10.2 Å². The van der Waals surface area contributed by atoms with Crippen molar-refractivity contribution in [2.75, 3.05) is 5.32 Å². The van der Waals surface area contributed by atoms with Crippen molar-refractivity contribution in [3.05, 3.63) is 88.1 Å². The van der Waals surface area contributed by atoms with Crippen molar-refractivity contribution >= 4 is 27.4 Å². The van der Waals surface area contributed by atoms with Gasteiger partial charge in [0.15, 0.2) is 0 Å². The number of aryl methyl sites for hydroxylation is 2. The maximum absolute atomic E-state index is 4.95. The first kappa shape index (κ1) is 16.5. The Morgan fingerprint density at radius 2 is 1.59 bits per heavy atom. The van der Waals surface area contributed by atoms with E-state index in [0.717, 1.165) is 35.9 Å². The van der Waals surface area contributed by atoms with Crippen LogP contribution in [0.5, 0.6) is 0 Å². The van der Waals surface area contributed by atoms with E-state index in [1.165, 1.54) is 39.8 Å². The van der Waals surface area contributed by atoms with Crippen molar-refractivity contribution in [2.24, 2.45) is 0 Å². The quantitative estimate of drug-likeness (QED) is 0.511. The van der Waals surface area contributed by atoms with Gasteiger partial charge in [-0.15, -0.1) is 11.3 Å². The molecule has 2 aromatic carbocycles. The van der Waals surface area contributed by atoms with Crippen molar-refractivity contribution in [1.29, 1.82) is 0 Å². The second-order valence-electron chi connectivity index (χ2n) is 7.03. The SMILES string of the molecule is c1ccc(CNc2nc(Cc3ccccc3)nc3sc4c(c23)CCC4)cc1. The van der Waals surface area contributed by atoms with E-state index in [9.17, 15) is 0 Å². The molecular formula is C23H21N3S. The fourth-order valence-electron chi connectivity index (χ4n) is 3.81. The average molecular weight is 372 g/mol. The molecule has 2 aromatic heterocycles. The molecule has 0 atom stereocenters. The standard InChI is InChI=1S/C23H21N3S/c1-3-8-16(9-4-1)14-20-25-22(24-15-17-10-5-2-6-11-17)21-18-12-7-13-19(18)27-23(21)26-20/h1-6,8-11H,7,12-15H2,(H,24,25,26). The van der Waals surface area contributed by atoms with Gasteiger partial charge in [-0.25, -0.2) is 9.97 Å². The maximum atomic E-state index is 4.95. The normalized spacial score (nSPS) is 13.0. The number of anilines is 1. The molecule has 0 saturated carbocycles. The fraction of sp³-hybridized carbons (Fsp3) is 0.217. The predicted molar refractivity (Wildman–Crippen MR) is 112 cm³/mol. The zero-order valence-corrected chi connectivity index (χ0v) is 15.9. The van der Waals surface area contributed by atoms with E-state index in [1.54, 1.807) is 0 Å².